The summed E-state index contributed by atoms with van der Waals surface area (Å²) < 4.78 is 6.56. The number of carbonyl (C=O) groups excluding carboxylic acids is 1. The number of hydrogen-bond acceptors (Lipinski definition) is 3. The maximum atomic E-state index is 12.3. The molecule has 1 amide bonds. The molecule has 0 fully saturated rings. The lowest BCUT2D eigenvalue weighted by atomic mass is 10.2. The number of hydrogen-bond donors (Lipinski definition) is 2. The zero-order chi connectivity index (χ0) is 14.7. The summed E-state index contributed by atoms with van der Waals surface area (Å²) in [5, 5.41) is 2.81. The fourth-order valence-corrected chi connectivity index (χ4v) is 2.41. The number of carbonyl (C=O) groups is 1. The highest BCUT2D eigenvalue weighted by Crippen LogP contribution is 2.26. The van der Waals surface area contributed by atoms with Gasteiger partial charge in [-0.25, -0.2) is 0 Å². The van der Waals surface area contributed by atoms with Crippen LogP contribution in [0.2, 0.25) is 0 Å². The van der Waals surface area contributed by atoms with E-state index in [2.05, 4.69) is 37.2 Å². The summed E-state index contributed by atoms with van der Waals surface area (Å²) in [6.07, 6.45) is 0. The van der Waals surface area contributed by atoms with E-state index in [-0.39, 0.29) is 5.91 Å². The molecule has 0 atom stereocenters. The van der Waals surface area contributed by atoms with Crippen molar-refractivity contribution in [3.05, 3.63) is 50.9 Å². The first-order chi connectivity index (χ1) is 9.51. The third kappa shape index (κ3) is 3.32. The molecule has 6 heteroatoms. The normalized spacial score (nSPS) is 10.2. The van der Waals surface area contributed by atoms with Crippen LogP contribution >= 0.6 is 31.9 Å². The molecule has 3 N–H and O–H groups in total. The smallest absolute Gasteiger partial charge is 0.256 e. The van der Waals surface area contributed by atoms with Gasteiger partial charge >= 0.3 is 0 Å². The van der Waals surface area contributed by atoms with Crippen LogP contribution in [-0.2, 0) is 0 Å². The number of amides is 1. The van der Waals surface area contributed by atoms with E-state index < -0.39 is 0 Å². The van der Waals surface area contributed by atoms with Crippen LogP contribution in [0.15, 0.2) is 45.3 Å². The predicted molar refractivity (Wildman–Crippen MR) is 87.2 cm³/mol. The number of anilines is 2. The van der Waals surface area contributed by atoms with Gasteiger partial charge in [0.15, 0.2) is 0 Å². The van der Waals surface area contributed by atoms with Crippen molar-refractivity contribution in [3.8, 4) is 5.75 Å². The van der Waals surface area contributed by atoms with Crippen LogP contribution in [0.3, 0.4) is 0 Å². The molecule has 0 bridgehead atoms. The van der Waals surface area contributed by atoms with Crippen LogP contribution in [0.1, 0.15) is 10.4 Å². The summed E-state index contributed by atoms with van der Waals surface area (Å²) in [6, 6.07) is 10.4. The Hall–Kier alpha value is -1.53. The van der Waals surface area contributed by atoms with E-state index in [0.29, 0.717) is 27.2 Å². The average Bonchev–Trinajstić information content (AvgIpc) is 2.43. The molecular weight excluding hydrogens is 388 g/mol. The fourth-order valence-electron chi connectivity index (χ4n) is 1.61. The number of rotatable bonds is 3. The predicted octanol–water partition coefficient (Wildman–Crippen LogP) is 4.05. The largest absolute Gasteiger partial charge is 0.497 e. The van der Waals surface area contributed by atoms with E-state index in [1.807, 2.05) is 0 Å². The molecule has 0 radical (unpaired) electrons. The molecule has 2 aromatic carbocycles. The van der Waals surface area contributed by atoms with E-state index in [1.54, 1.807) is 43.5 Å². The fraction of sp³-hybridized carbons (Fsp3) is 0.0714. The monoisotopic (exact) mass is 398 g/mol. The molecule has 0 aliphatic carbocycles. The standard InChI is InChI=1S/C14H12Br2N2O2/c1-20-9-3-4-11(15)10(7-9)14(19)18-8-2-5-13(17)12(16)6-8/h2-7H,17H2,1H3,(H,18,19). The van der Waals surface area contributed by atoms with E-state index in [1.165, 1.54) is 0 Å². The van der Waals surface area contributed by atoms with Crippen LogP contribution in [0.4, 0.5) is 11.4 Å². The Morgan fingerprint density at radius 1 is 1.15 bits per heavy atom. The molecule has 0 unspecified atom stereocenters. The zero-order valence-electron chi connectivity index (χ0n) is 10.6. The van der Waals surface area contributed by atoms with E-state index in [0.717, 1.165) is 4.47 Å². The maximum absolute atomic E-state index is 12.3. The molecule has 2 aromatic rings. The minimum Gasteiger partial charge on any atom is -0.497 e. The second-order valence-corrected chi connectivity index (χ2v) is 5.74. The minimum absolute atomic E-state index is 0.229. The van der Waals surface area contributed by atoms with Gasteiger partial charge in [0.25, 0.3) is 5.91 Å². The number of nitrogens with two attached hydrogens (primary N) is 1. The van der Waals surface area contributed by atoms with Crippen molar-refractivity contribution >= 4 is 49.1 Å². The van der Waals surface area contributed by atoms with Gasteiger partial charge in [0, 0.05) is 20.3 Å². The van der Waals surface area contributed by atoms with Crippen LogP contribution in [-0.4, -0.2) is 13.0 Å². The van der Waals surface area contributed by atoms with Crippen LogP contribution in [0, 0.1) is 0 Å². The maximum Gasteiger partial charge on any atom is 0.256 e. The summed E-state index contributed by atoms with van der Waals surface area (Å²) in [5.74, 6) is 0.393. The molecule has 0 heterocycles. The second kappa shape index (κ2) is 6.28. The first-order valence-electron chi connectivity index (χ1n) is 5.71. The summed E-state index contributed by atoms with van der Waals surface area (Å²) in [7, 11) is 1.56. The van der Waals surface area contributed by atoms with Gasteiger partial charge in [-0.1, -0.05) is 0 Å². The molecule has 20 heavy (non-hydrogen) atoms. The lowest BCUT2D eigenvalue weighted by molar-refractivity contribution is 0.102. The Bertz CT molecular complexity index is 660. The van der Waals surface area contributed by atoms with Crippen LogP contribution in [0.5, 0.6) is 5.75 Å². The van der Waals surface area contributed by atoms with Gasteiger partial charge in [-0.2, -0.15) is 0 Å². The van der Waals surface area contributed by atoms with Gasteiger partial charge < -0.3 is 15.8 Å². The molecule has 0 aromatic heterocycles. The highest BCUT2D eigenvalue weighted by Gasteiger charge is 2.12. The summed E-state index contributed by atoms with van der Waals surface area (Å²) >= 11 is 6.68. The van der Waals surface area contributed by atoms with Gasteiger partial charge in [0.2, 0.25) is 0 Å². The third-order valence-electron chi connectivity index (χ3n) is 2.68. The minimum atomic E-state index is -0.229. The van der Waals surface area contributed by atoms with Crippen LogP contribution in [0.25, 0.3) is 0 Å². The van der Waals surface area contributed by atoms with E-state index >= 15 is 0 Å². The van der Waals surface area contributed by atoms with Crippen molar-refractivity contribution in [1.29, 1.82) is 0 Å². The SMILES string of the molecule is COc1ccc(Br)c(C(=O)Nc2ccc(N)c(Br)c2)c1. The van der Waals surface area contributed by atoms with E-state index in [9.17, 15) is 4.79 Å². The first-order valence-corrected chi connectivity index (χ1v) is 7.30. The summed E-state index contributed by atoms with van der Waals surface area (Å²) in [4.78, 5) is 12.3. The zero-order valence-corrected chi connectivity index (χ0v) is 13.8. The number of nitrogens with one attached hydrogen (secondary N) is 1. The second-order valence-electron chi connectivity index (χ2n) is 4.04. The number of benzene rings is 2. The van der Waals surface area contributed by atoms with E-state index in [4.69, 9.17) is 10.5 Å². The van der Waals surface area contributed by atoms with Crippen LogP contribution < -0.4 is 15.8 Å². The van der Waals surface area contributed by atoms with Gasteiger partial charge in [-0.3, -0.25) is 4.79 Å². The molecule has 0 spiro atoms. The molecular formula is C14H12Br2N2O2. The quantitative estimate of drug-likeness (QED) is 0.765. The van der Waals surface area contributed by atoms with Gasteiger partial charge in [0.1, 0.15) is 5.75 Å². The Morgan fingerprint density at radius 2 is 1.90 bits per heavy atom. The Kier molecular flexibility index (Phi) is 4.67. The van der Waals surface area contributed by atoms with Crippen molar-refractivity contribution < 1.29 is 9.53 Å². The Morgan fingerprint density at radius 3 is 2.55 bits per heavy atom. The van der Waals surface area contributed by atoms with Gasteiger partial charge in [-0.15, -0.1) is 0 Å². The van der Waals surface area contributed by atoms with Crippen molar-refractivity contribution in [3.63, 3.8) is 0 Å². The molecule has 0 aliphatic rings. The van der Waals surface area contributed by atoms with Crippen molar-refractivity contribution in [2.45, 2.75) is 0 Å². The van der Waals surface area contributed by atoms with Crippen molar-refractivity contribution in [1.82, 2.24) is 0 Å². The lowest BCUT2D eigenvalue weighted by Crippen LogP contribution is -2.12. The molecule has 104 valence electrons. The van der Waals surface area contributed by atoms with Gasteiger partial charge in [-0.05, 0) is 68.3 Å². The molecule has 2 rings (SSSR count). The van der Waals surface area contributed by atoms with Crippen molar-refractivity contribution in [2.75, 3.05) is 18.2 Å². The first kappa shape index (κ1) is 14.9. The average molecular weight is 400 g/mol. The highest BCUT2D eigenvalue weighted by molar-refractivity contribution is 9.11. The van der Waals surface area contributed by atoms with Crippen molar-refractivity contribution in [2.24, 2.45) is 0 Å². The number of methoxy groups -OCH3 is 1. The Labute approximate surface area is 133 Å². The molecule has 0 saturated heterocycles. The third-order valence-corrected chi connectivity index (χ3v) is 4.05. The molecule has 4 nitrogen and oxygen atoms in total. The molecule has 0 saturated carbocycles. The number of nitrogen functional groups attached to an aromatic ring is 1. The number of ether oxygens (including phenoxy) is 1. The van der Waals surface area contributed by atoms with Gasteiger partial charge in [0.05, 0.1) is 12.7 Å². The lowest BCUT2D eigenvalue weighted by Gasteiger charge is -2.09. The summed E-state index contributed by atoms with van der Waals surface area (Å²) in [5.41, 5.74) is 7.48. The molecule has 0 aliphatic heterocycles. The highest BCUT2D eigenvalue weighted by atomic mass is 79.9. The number of halogens is 2. The topological polar surface area (TPSA) is 64.3 Å². The Balaban J connectivity index is 2.25. The summed E-state index contributed by atoms with van der Waals surface area (Å²) in [6.45, 7) is 0.